The van der Waals surface area contributed by atoms with Crippen molar-refractivity contribution in [2.45, 2.75) is 19.3 Å². The van der Waals surface area contributed by atoms with E-state index in [1.165, 1.54) is 18.2 Å². The fourth-order valence-corrected chi connectivity index (χ4v) is 2.62. The summed E-state index contributed by atoms with van der Waals surface area (Å²) in [5.41, 5.74) is -0.276. The van der Waals surface area contributed by atoms with E-state index in [1.807, 2.05) is 0 Å². The summed E-state index contributed by atoms with van der Waals surface area (Å²) in [6.07, 6.45) is -0.452. The SMILES string of the molecule is O=C(CC(=O)C1CCCN(C(=O)O)C1)c1c(O)cccc1O. The Bertz CT molecular complexity index is 592. The average molecular weight is 307 g/mol. The molecule has 0 aromatic heterocycles. The molecule has 1 atom stereocenters. The third kappa shape index (κ3) is 3.36. The number of phenolic OH excluding ortho intramolecular Hbond substituents is 2. The normalized spacial score (nSPS) is 18.0. The van der Waals surface area contributed by atoms with Gasteiger partial charge in [0.25, 0.3) is 0 Å². The van der Waals surface area contributed by atoms with Gasteiger partial charge in [0.2, 0.25) is 0 Å². The highest BCUT2D eigenvalue weighted by atomic mass is 16.4. The van der Waals surface area contributed by atoms with E-state index in [-0.39, 0.29) is 29.4 Å². The average Bonchev–Trinajstić information content (AvgIpc) is 2.47. The van der Waals surface area contributed by atoms with E-state index in [1.54, 1.807) is 0 Å². The summed E-state index contributed by atoms with van der Waals surface area (Å²) in [7, 11) is 0. The summed E-state index contributed by atoms with van der Waals surface area (Å²) in [5, 5.41) is 28.2. The number of carboxylic acid groups (broad SMARTS) is 1. The molecule has 1 saturated heterocycles. The van der Waals surface area contributed by atoms with Gasteiger partial charge >= 0.3 is 6.09 Å². The van der Waals surface area contributed by atoms with Crippen LogP contribution in [0.2, 0.25) is 0 Å². The Hall–Kier alpha value is -2.57. The molecule has 22 heavy (non-hydrogen) atoms. The number of benzene rings is 1. The molecule has 0 saturated carbocycles. The minimum atomic E-state index is -1.08. The molecule has 0 aliphatic carbocycles. The van der Waals surface area contributed by atoms with Crippen molar-refractivity contribution in [2.75, 3.05) is 13.1 Å². The number of amides is 1. The Morgan fingerprint density at radius 3 is 2.41 bits per heavy atom. The molecule has 1 unspecified atom stereocenters. The van der Waals surface area contributed by atoms with Crippen LogP contribution in [0.4, 0.5) is 4.79 Å². The number of hydrogen-bond donors (Lipinski definition) is 3. The molecule has 0 bridgehead atoms. The molecule has 2 rings (SSSR count). The predicted molar refractivity (Wildman–Crippen MR) is 76.0 cm³/mol. The first-order chi connectivity index (χ1) is 10.4. The number of hydrogen-bond acceptors (Lipinski definition) is 5. The lowest BCUT2D eigenvalue weighted by molar-refractivity contribution is -0.123. The molecular formula is C15H17NO6. The van der Waals surface area contributed by atoms with E-state index in [2.05, 4.69) is 0 Å². The summed E-state index contributed by atoms with van der Waals surface area (Å²) in [6.45, 7) is 0.460. The largest absolute Gasteiger partial charge is 0.507 e. The highest BCUT2D eigenvalue weighted by Gasteiger charge is 2.30. The lowest BCUT2D eigenvalue weighted by Crippen LogP contribution is -2.41. The van der Waals surface area contributed by atoms with Crippen molar-refractivity contribution in [2.24, 2.45) is 5.92 Å². The van der Waals surface area contributed by atoms with Gasteiger partial charge in [0.05, 0.1) is 6.42 Å². The number of carbonyl (C=O) groups excluding carboxylic acids is 2. The second kappa shape index (κ2) is 6.46. The van der Waals surface area contributed by atoms with E-state index in [0.29, 0.717) is 19.4 Å². The van der Waals surface area contributed by atoms with Crippen LogP contribution in [0.15, 0.2) is 18.2 Å². The molecule has 7 nitrogen and oxygen atoms in total. The van der Waals surface area contributed by atoms with Crippen LogP contribution in [0.1, 0.15) is 29.6 Å². The van der Waals surface area contributed by atoms with Crippen molar-refractivity contribution < 1.29 is 29.7 Å². The Morgan fingerprint density at radius 1 is 1.18 bits per heavy atom. The quantitative estimate of drug-likeness (QED) is 0.575. The molecule has 1 aromatic carbocycles. The number of Topliss-reactive ketones (excluding diaryl/α,β-unsaturated/α-hetero) is 2. The third-order valence-corrected chi connectivity index (χ3v) is 3.78. The molecule has 3 N–H and O–H groups in total. The lowest BCUT2D eigenvalue weighted by atomic mass is 9.90. The number of ketones is 2. The molecule has 1 aliphatic rings. The van der Waals surface area contributed by atoms with Gasteiger partial charge in [0.15, 0.2) is 5.78 Å². The fraction of sp³-hybridized carbons (Fsp3) is 0.400. The Morgan fingerprint density at radius 2 is 1.82 bits per heavy atom. The maximum atomic E-state index is 12.2. The summed E-state index contributed by atoms with van der Waals surface area (Å²) >= 11 is 0. The number of phenols is 2. The number of likely N-dealkylation sites (tertiary alicyclic amines) is 1. The van der Waals surface area contributed by atoms with Crippen molar-refractivity contribution in [1.29, 1.82) is 0 Å². The van der Waals surface area contributed by atoms with Crippen LogP contribution in [0, 0.1) is 5.92 Å². The molecule has 1 aliphatic heterocycles. The third-order valence-electron chi connectivity index (χ3n) is 3.78. The Balaban J connectivity index is 2.05. The first-order valence-electron chi connectivity index (χ1n) is 6.95. The first kappa shape index (κ1) is 15.8. The second-order valence-electron chi connectivity index (χ2n) is 5.31. The Labute approximate surface area is 126 Å². The lowest BCUT2D eigenvalue weighted by Gasteiger charge is -2.29. The molecule has 1 amide bonds. The van der Waals surface area contributed by atoms with E-state index in [0.717, 1.165) is 4.90 Å². The van der Waals surface area contributed by atoms with Crippen LogP contribution in [-0.4, -0.2) is 51.0 Å². The molecule has 7 heteroatoms. The van der Waals surface area contributed by atoms with Crippen LogP contribution in [0.25, 0.3) is 0 Å². The minimum Gasteiger partial charge on any atom is -0.507 e. The van der Waals surface area contributed by atoms with Gasteiger partial charge in [-0.25, -0.2) is 4.79 Å². The summed E-state index contributed by atoms with van der Waals surface area (Å²) < 4.78 is 0. The van der Waals surface area contributed by atoms with E-state index < -0.39 is 24.2 Å². The molecule has 1 fully saturated rings. The zero-order chi connectivity index (χ0) is 16.3. The highest BCUT2D eigenvalue weighted by Crippen LogP contribution is 2.28. The van der Waals surface area contributed by atoms with Crippen molar-refractivity contribution in [1.82, 2.24) is 4.90 Å². The summed E-state index contributed by atoms with van der Waals surface area (Å²) in [4.78, 5) is 36.4. The van der Waals surface area contributed by atoms with Crippen molar-refractivity contribution in [3.63, 3.8) is 0 Å². The van der Waals surface area contributed by atoms with Gasteiger partial charge in [-0.15, -0.1) is 0 Å². The van der Waals surface area contributed by atoms with Gasteiger partial charge in [-0.3, -0.25) is 9.59 Å². The smallest absolute Gasteiger partial charge is 0.407 e. The van der Waals surface area contributed by atoms with E-state index in [4.69, 9.17) is 5.11 Å². The van der Waals surface area contributed by atoms with Crippen LogP contribution in [0.3, 0.4) is 0 Å². The van der Waals surface area contributed by atoms with Crippen LogP contribution >= 0.6 is 0 Å². The zero-order valence-corrected chi connectivity index (χ0v) is 11.9. The van der Waals surface area contributed by atoms with Crippen LogP contribution < -0.4 is 0 Å². The van der Waals surface area contributed by atoms with Crippen LogP contribution in [0.5, 0.6) is 11.5 Å². The van der Waals surface area contributed by atoms with Crippen LogP contribution in [-0.2, 0) is 4.79 Å². The number of piperidine rings is 1. The number of rotatable bonds is 4. The molecular weight excluding hydrogens is 290 g/mol. The number of aromatic hydroxyl groups is 2. The molecule has 1 heterocycles. The second-order valence-corrected chi connectivity index (χ2v) is 5.31. The number of carbonyl (C=O) groups is 3. The van der Waals surface area contributed by atoms with Crippen molar-refractivity contribution in [3.8, 4) is 11.5 Å². The zero-order valence-electron chi connectivity index (χ0n) is 11.9. The van der Waals surface area contributed by atoms with Crippen molar-refractivity contribution >= 4 is 17.7 Å². The van der Waals surface area contributed by atoms with Gasteiger partial charge in [-0.2, -0.15) is 0 Å². The van der Waals surface area contributed by atoms with E-state index in [9.17, 15) is 24.6 Å². The maximum absolute atomic E-state index is 12.2. The van der Waals surface area contributed by atoms with Gasteiger partial charge in [0.1, 0.15) is 22.8 Å². The number of nitrogens with zero attached hydrogens (tertiary/aromatic N) is 1. The van der Waals surface area contributed by atoms with Gasteiger partial charge in [0, 0.05) is 19.0 Å². The summed E-state index contributed by atoms with van der Waals surface area (Å²) in [6, 6.07) is 3.89. The standard InChI is InChI=1S/C15H17NO6/c17-10-4-1-5-11(18)14(10)13(20)7-12(19)9-3-2-6-16(8-9)15(21)22/h1,4-5,9,17-18H,2-3,6-8H2,(H,21,22). The first-order valence-corrected chi connectivity index (χ1v) is 6.95. The highest BCUT2D eigenvalue weighted by molar-refractivity contribution is 6.11. The Kier molecular flexibility index (Phi) is 4.65. The fourth-order valence-electron chi connectivity index (χ4n) is 2.62. The molecule has 0 spiro atoms. The van der Waals surface area contributed by atoms with Crippen molar-refractivity contribution in [3.05, 3.63) is 23.8 Å². The maximum Gasteiger partial charge on any atom is 0.407 e. The topological polar surface area (TPSA) is 115 Å². The minimum absolute atomic E-state index is 0.0776. The molecule has 0 radical (unpaired) electrons. The predicted octanol–water partition coefficient (Wildman–Crippen LogP) is 1.63. The van der Waals surface area contributed by atoms with Gasteiger partial charge in [-0.05, 0) is 25.0 Å². The van der Waals surface area contributed by atoms with Gasteiger partial charge in [-0.1, -0.05) is 6.07 Å². The monoisotopic (exact) mass is 307 g/mol. The van der Waals surface area contributed by atoms with Gasteiger partial charge < -0.3 is 20.2 Å². The molecule has 1 aromatic rings. The van der Waals surface area contributed by atoms with E-state index >= 15 is 0 Å². The molecule has 118 valence electrons. The summed E-state index contributed by atoms with van der Waals surface area (Å²) in [5.74, 6) is -2.34.